The second-order valence-electron chi connectivity index (χ2n) is 9.67. The van der Waals surface area contributed by atoms with Crippen molar-refractivity contribution >= 4 is 40.5 Å². The van der Waals surface area contributed by atoms with E-state index in [0.29, 0.717) is 16.9 Å². The fraction of sp³-hybridized carbons (Fsp3) is 0.423. The van der Waals surface area contributed by atoms with Crippen LogP contribution in [0.1, 0.15) is 24.6 Å². The second kappa shape index (κ2) is 10.6. The second-order valence-corrected chi connectivity index (χ2v) is 10.0. The number of ether oxygens (including phenoxy) is 2. The van der Waals surface area contributed by atoms with Gasteiger partial charge in [-0.1, -0.05) is 36.3 Å². The normalized spacial score (nSPS) is 24.9. The molecule has 0 unspecified atom stereocenters. The van der Waals surface area contributed by atoms with Gasteiger partial charge in [-0.3, -0.25) is 4.57 Å². The number of carboxylic acids is 2. The molecule has 4 heterocycles. The van der Waals surface area contributed by atoms with Crippen LogP contribution < -0.4 is 4.90 Å². The summed E-state index contributed by atoms with van der Waals surface area (Å²) in [6, 6.07) is 8.06. The number of hydrogen-bond donors (Lipinski definition) is 4. The van der Waals surface area contributed by atoms with Gasteiger partial charge >= 0.3 is 11.9 Å². The number of terminal acetylenes is 1. The summed E-state index contributed by atoms with van der Waals surface area (Å²) in [5, 5.41) is 42.0. The Morgan fingerprint density at radius 1 is 1.20 bits per heavy atom. The van der Waals surface area contributed by atoms with Crippen molar-refractivity contribution in [2.24, 2.45) is 0 Å². The Bertz CT molecular complexity index is 1460. The molecule has 1 aromatic carbocycles. The number of benzene rings is 1. The molecule has 5 rings (SSSR count). The first-order chi connectivity index (χ1) is 19.1. The highest BCUT2D eigenvalue weighted by atomic mass is 35.5. The molecule has 2 aromatic heterocycles. The lowest BCUT2D eigenvalue weighted by molar-refractivity contribution is -0.191. The number of anilines is 1. The van der Waals surface area contributed by atoms with Gasteiger partial charge in [-0.05, 0) is 30.0 Å². The average molecular weight is 572 g/mol. The smallest absolute Gasteiger partial charge is 0.348 e. The van der Waals surface area contributed by atoms with Crippen molar-refractivity contribution in [2.75, 3.05) is 24.6 Å². The fourth-order valence-electron chi connectivity index (χ4n) is 5.05. The molecule has 4 atom stereocenters. The number of carboxylic acid groups (broad SMARTS) is 2. The molecule has 0 radical (unpaired) electrons. The molecule has 0 amide bonds. The maximum absolute atomic E-state index is 12.2. The average Bonchev–Trinajstić information content (AvgIpc) is 3.66. The van der Waals surface area contributed by atoms with E-state index in [1.165, 1.54) is 10.9 Å². The van der Waals surface area contributed by atoms with E-state index in [-0.39, 0.29) is 10.9 Å². The van der Waals surface area contributed by atoms with Gasteiger partial charge < -0.3 is 34.8 Å². The number of nitrogens with zero attached hydrogens (tertiary/aromatic N) is 5. The van der Waals surface area contributed by atoms with E-state index in [9.17, 15) is 30.0 Å². The lowest BCUT2D eigenvalue weighted by atomic mass is 9.92. The van der Waals surface area contributed by atoms with Gasteiger partial charge in [0.1, 0.15) is 12.2 Å². The zero-order chi connectivity index (χ0) is 28.7. The minimum absolute atomic E-state index is 0.0654. The lowest BCUT2D eigenvalue weighted by Gasteiger charge is -2.30. The van der Waals surface area contributed by atoms with E-state index in [4.69, 9.17) is 27.5 Å². The van der Waals surface area contributed by atoms with Gasteiger partial charge in [0.15, 0.2) is 28.8 Å². The van der Waals surface area contributed by atoms with Crippen LogP contribution in [0.5, 0.6) is 0 Å². The Morgan fingerprint density at radius 2 is 1.88 bits per heavy atom. The predicted octanol–water partition coefficient (Wildman–Crippen LogP) is 0.870. The molecule has 0 aliphatic carbocycles. The quantitative estimate of drug-likeness (QED) is 0.162. The van der Waals surface area contributed by atoms with E-state index in [2.05, 4.69) is 20.9 Å². The van der Waals surface area contributed by atoms with Gasteiger partial charge in [0, 0.05) is 19.5 Å². The number of fused-ring (bicyclic) bond motifs is 1. The lowest BCUT2D eigenvalue weighted by Crippen LogP contribution is -2.55. The first kappa shape index (κ1) is 27.8. The van der Waals surface area contributed by atoms with Crippen molar-refractivity contribution < 1.29 is 39.5 Å². The molecule has 2 aliphatic heterocycles. The van der Waals surface area contributed by atoms with Gasteiger partial charge in [0.2, 0.25) is 5.28 Å². The molecule has 0 saturated carbocycles. The third kappa shape index (κ3) is 4.63. The standard InChI is InChI=1S/C26H26ClN5O8/c1-2-25(38)16(13-39-26(22(34)35,23(36)37)12-15-8-4-3-5-9-15)40-21(18(25)33)32-14-28-17-19(31-10-6-7-11-31)29-24(27)30-20(17)32/h1,3-5,8-9,14,16,18,21,33,38H,6-7,10-13H2,(H,34,35)(H,36,37)/t16-,18+,21-,25-/m1/s1. The molecule has 4 N–H and O–H groups in total. The molecule has 14 heteroatoms. The topological polar surface area (TPSA) is 180 Å². The Morgan fingerprint density at radius 3 is 2.50 bits per heavy atom. The summed E-state index contributed by atoms with van der Waals surface area (Å²) in [4.78, 5) is 39.3. The summed E-state index contributed by atoms with van der Waals surface area (Å²) in [5.74, 6) is -0.909. The van der Waals surface area contributed by atoms with Gasteiger partial charge in [-0.25, -0.2) is 14.6 Å². The van der Waals surface area contributed by atoms with E-state index in [1.807, 2.05) is 4.90 Å². The van der Waals surface area contributed by atoms with E-state index in [1.54, 1.807) is 30.3 Å². The third-order valence-corrected chi connectivity index (χ3v) is 7.44. The molecule has 2 aliphatic rings. The molecule has 0 spiro atoms. The Labute approximate surface area is 233 Å². The summed E-state index contributed by atoms with van der Waals surface area (Å²) in [6.07, 6.45) is 3.71. The number of halogens is 1. The van der Waals surface area contributed by atoms with Crippen LogP contribution in [0.2, 0.25) is 5.28 Å². The highest BCUT2D eigenvalue weighted by Crippen LogP contribution is 2.40. The minimum Gasteiger partial charge on any atom is -0.479 e. The summed E-state index contributed by atoms with van der Waals surface area (Å²) in [6.45, 7) is 0.735. The molecular formula is C26H26ClN5O8. The van der Waals surface area contributed by atoms with Crippen LogP contribution in [0.15, 0.2) is 36.7 Å². The summed E-state index contributed by atoms with van der Waals surface area (Å²) in [7, 11) is 0. The summed E-state index contributed by atoms with van der Waals surface area (Å²) in [5.41, 5.74) is -4.12. The number of aromatic nitrogens is 4. The number of aliphatic hydroxyl groups is 2. The number of carbonyl (C=O) groups is 2. The summed E-state index contributed by atoms with van der Waals surface area (Å²) >= 11 is 6.21. The Balaban J connectivity index is 1.45. The number of imidazole rings is 1. The van der Waals surface area contributed by atoms with Crippen LogP contribution >= 0.6 is 11.6 Å². The van der Waals surface area contributed by atoms with Crippen LogP contribution in [0, 0.1) is 12.3 Å². The van der Waals surface area contributed by atoms with E-state index < -0.39 is 54.6 Å². The van der Waals surface area contributed by atoms with E-state index in [0.717, 1.165) is 25.9 Å². The Kier molecular flexibility index (Phi) is 7.38. The SMILES string of the molecule is C#C[C@@]1(O)[C@@H](COC(Cc2ccccc2)(C(=O)O)C(=O)O)O[C@@H](n2cnc3c(N4CCCC4)nc(Cl)nc32)[C@@H]1O. The molecule has 2 fully saturated rings. The zero-order valence-corrected chi connectivity index (χ0v) is 21.8. The number of aliphatic carboxylic acids is 2. The Hall–Kier alpha value is -3.80. The van der Waals surface area contributed by atoms with Gasteiger partial charge in [0.05, 0.1) is 12.9 Å². The van der Waals surface area contributed by atoms with Crippen molar-refractivity contribution in [2.45, 2.75) is 48.9 Å². The maximum Gasteiger partial charge on any atom is 0.348 e. The van der Waals surface area contributed by atoms with Crippen molar-refractivity contribution in [3.63, 3.8) is 0 Å². The van der Waals surface area contributed by atoms with E-state index >= 15 is 0 Å². The van der Waals surface area contributed by atoms with Crippen LogP contribution in [0.4, 0.5) is 5.82 Å². The zero-order valence-electron chi connectivity index (χ0n) is 21.1. The van der Waals surface area contributed by atoms with Gasteiger partial charge in [-0.2, -0.15) is 9.97 Å². The monoisotopic (exact) mass is 571 g/mol. The van der Waals surface area contributed by atoms with Crippen LogP contribution in [-0.4, -0.2) is 95.0 Å². The molecule has 3 aromatic rings. The molecule has 0 bridgehead atoms. The first-order valence-electron chi connectivity index (χ1n) is 12.4. The minimum atomic E-state index is -2.73. The molecule has 2 saturated heterocycles. The van der Waals surface area contributed by atoms with Crippen molar-refractivity contribution in [1.29, 1.82) is 0 Å². The van der Waals surface area contributed by atoms with Crippen molar-refractivity contribution in [1.82, 2.24) is 19.5 Å². The number of aliphatic hydroxyl groups excluding tert-OH is 1. The van der Waals surface area contributed by atoms with Gasteiger partial charge in [-0.15, -0.1) is 6.42 Å². The van der Waals surface area contributed by atoms with Gasteiger partial charge in [0.25, 0.3) is 5.60 Å². The predicted molar refractivity (Wildman–Crippen MR) is 140 cm³/mol. The first-order valence-corrected chi connectivity index (χ1v) is 12.8. The van der Waals surface area contributed by atoms with Crippen LogP contribution in [0.3, 0.4) is 0 Å². The molecular weight excluding hydrogens is 546 g/mol. The third-order valence-electron chi connectivity index (χ3n) is 7.27. The summed E-state index contributed by atoms with van der Waals surface area (Å²) < 4.78 is 12.7. The molecule has 40 heavy (non-hydrogen) atoms. The number of rotatable bonds is 9. The number of hydrogen-bond acceptors (Lipinski definition) is 10. The van der Waals surface area contributed by atoms with Crippen LogP contribution in [0.25, 0.3) is 11.2 Å². The highest BCUT2D eigenvalue weighted by Gasteiger charge is 2.58. The van der Waals surface area contributed by atoms with Crippen molar-refractivity contribution in [3.8, 4) is 12.3 Å². The largest absolute Gasteiger partial charge is 0.479 e. The molecule has 210 valence electrons. The maximum atomic E-state index is 12.2. The highest BCUT2D eigenvalue weighted by molar-refractivity contribution is 6.28. The molecule has 13 nitrogen and oxygen atoms in total. The fourth-order valence-corrected chi connectivity index (χ4v) is 5.21. The van der Waals surface area contributed by atoms with Crippen molar-refractivity contribution in [3.05, 3.63) is 47.5 Å². The van der Waals surface area contributed by atoms with Crippen LogP contribution in [-0.2, 0) is 25.5 Å².